The third-order valence-corrected chi connectivity index (χ3v) is 6.44. The van der Waals surface area contributed by atoms with Gasteiger partial charge in [0.2, 0.25) is 15.9 Å². The van der Waals surface area contributed by atoms with E-state index >= 15 is 0 Å². The molecule has 0 spiro atoms. The van der Waals surface area contributed by atoms with E-state index in [2.05, 4.69) is 26.1 Å². The second kappa shape index (κ2) is 10.8. The molecule has 0 unspecified atom stereocenters. The monoisotopic (exact) mass is 500 g/mol. The first-order valence-corrected chi connectivity index (χ1v) is 12.9. The summed E-state index contributed by atoms with van der Waals surface area (Å²) < 4.78 is 31.8. The third kappa shape index (κ3) is 7.29. The van der Waals surface area contributed by atoms with Crippen LogP contribution < -0.4 is 14.4 Å². The van der Waals surface area contributed by atoms with Crippen LogP contribution in [0, 0.1) is 0 Å². The number of hydrogen-bond donors (Lipinski definition) is 1. The van der Waals surface area contributed by atoms with E-state index in [4.69, 9.17) is 27.9 Å². The number of halogens is 2. The average molecular weight is 501 g/mol. The zero-order valence-electron chi connectivity index (χ0n) is 19.0. The summed E-state index contributed by atoms with van der Waals surface area (Å²) in [6.07, 6.45) is 1.31. The number of hydrogen-bond acceptors (Lipinski definition) is 4. The molecule has 6 nitrogen and oxygen atoms in total. The third-order valence-electron chi connectivity index (χ3n) is 4.82. The maximum Gasteiger partial charge on any atom is 0.244 e. The Kier molecular flexibility index (Phi) is 8.85. The molecule has 0 saturated heterocycles. The number of nitrogens with zero attached hydrogens (tertiary/aromatic N) is 1. The predicted molar refractivity (Wildman–Crippen MR) is 132 cm³/mol. The van der Waals surface area contributed by atoms with Crippen molar-refractivity contribution in [1.29, 1.82) is 0 Å². The molecule has 0 bridgehead atoms. The van der Waals surface area contributed by atoms with Gasteiger partial charge in [0.05, 0.1) is 18.5 Å². The van der Waals surface area contributed by atoms with E-state index in [0.29, 0.717) is 5.75 Å². The lowest BCUT2D eigenvalue weighted by molar-refractivity contribution is -0.122. The first-order valence-electron chi connectivity index (χ1n) is 10.3. The van der Waals surface area contributed by atoms with Gasteiger partial charge in [-0.2, -0.15) is 0 Å². The Labute approximate surface area is 200 Å². The number of carbonyl (C=O) groups is 1. The summed E-state index contributed by atoms with van der Waals surface area (Å²) in [7, 11) is -3.77. The van der Waals surface area contributed by atoms with E-state index in [1.54, 1.807) is 6.92 Å². The van der Waals surface area contributed by atoms with Crippen LogP contribution in [0.4, 0.5) is 5.69 Å². The molecule has 9 heteroatoms. The number of benzene rings is 2. The quantitative estimate of drug-likeness (QED) is 0.489. The summed E-state index contributed by atoms with van der Waals surface area (Å²) in [5.41, 5.74) is 1.49. The molecule has 2 aromatic rings. The van der Waals surface area contributed by atoms with Gasteiger partial charge in [0.1, 0.15) is 18.4 Å². The summed E-state index contributed by atoms with van der Waals surface area (Å²) >= 11 is 12.1. The number of nitrogens with one attached hydrogen (secondary N) is 1. The van der Waals surface area contributed by atoms with Gasteiger partial charge in [-0.05, 0) is 47.7 Å². The molecule has 2 rings (SSSR count). The largest absolute Gasteiger partial charge is 0.492 e. The number of carbonyl (C=O) groups excluding carboxylic acids is 1. The zero-order valence-corrected chi connectivity index (χ0v) is 21.3. The highest BCUT2D eigenvalue weighted by Gasteiger charge is 2.31. The van der Waals surface area contributed by atoms with Crippen molar-refractivity contribution in [2.24, 2.45) is 0 Å². The minimum Gasteiger partial charge on any atom is -0.492 e. The van der Waals surface area contributed by atoms with E-state index < -0.39 is 22.0 Å². The van der Waals surface area contributed by atoms with Crippen molar-refractivity contribution in [2.45, 2.75) is 45.6 Å². The second-order valence-electron chi connectivity index (χ2n) is 8.52. The molecule has 1 atom stereocenters. The van der Waals surface area contributed by atoms with E-state index in [9.17, 15) is 13.2 Å². The van der Waals surface area contributed by atoms with E-state index in [1.165, 1.54) is 23.8 Å². The molecule has 0 aromatic heterocycles. The summed E-state index contributed by atoms with van der Waals surface area (Å²) in [5.74, 6) is 0.270. The molecular weight excluding hydrogens is 471 g/mol. The van der Waals surface area contributed by atoms with Gasteiger partial charge in [0, 0.05) is 10.0 Å². The molecule has 0 aliphatic rings. The molecule has 2 aromatic carbocycles. The maximum absolute atomic E-state index is 12.8. The molecule has 176 valence electrons. The van der Waals surface area contributed by atoms with Gasteiger partial charge < -0.3 is 10.1 Å². The van der Waals surface area contributed by atoms with Gasteiger partial charge >= 0.3 is 0 Å². The molecule has 1 N–H and O–H groups in total. The lowest BCUT2D eigenvalue weighted by Gasteiger charge is -2.30. The van der Waals surface area contributed by atoms with Gasteiger partial charge in [-0.1, -0.05) is 63.0 Å². The number of anilines is 1. The lowest BCUT2D eigenvalue weighted by atomic mass is 9.87. The fourth-order valence-corrected chi connectivity index (χ4v) is 4.95. The predicted octanol–water partition coefficient (Wildman–Crippen LogP) is 5.03. The van der Waals surface area contributed by atoms with Crippen LogP contribution in [0.2, 0.25) is 10.0 Å². The van der Waals surface area contributed by atoms with E-state index in [0.717, 1.165) is 10.6 Å². The van der Waals surface area contributed by atoms with Gasteiger partial charge in [0.15, 0.2) is 0 Å². The molecule has 0 aliphatic carbocycles. The summed E-state index contributed by atoms with van der Waals surface area (Å²) in [4.78, 5) is 12.8. The van der Waals surface area contributed by atoms with Crippen molar-refractivity contribution >= 4 is 44.8 Å². The van der Waals surface area contributed by atoms with Crippen LogP contribution in [0.5, 0.6) is 5.75 Å². The molecule has 1 amide bonds. The fourth-order valence-electron chi connectivity index (χ4n) is 3.24. The highest BCUT2D eigenvalue weighted by atomic mass is 35.5. The molecule has 0 saturated carbocycles. The van der Waals surface area contributed by atoms with Crippen LogP contribution in [0.25, 0.3) is 0 Å². The van der Waals surface area contributed by atoms with Crippen molar-refractivity contribution in [3.8, 4) is 5.75 Å². The normalized spacial score (nSPS) is 12.8. The average Bonchev–Trinajstić information content (AvgIpc) is 2.67. The molecular formula is C23H30Cl2N2O4S. The van der Waals surface area contributed by atoms with Gasteiger partial charge in [-0.3, -0.25) is 9.10 Å². The van der Waals surface area contributed by atoms with Crippen LogP contribution in [-0.2, 0) is 20.2 Å². The first kappa shape index (κ1) is 26.3. The Hall–Kier alpha value is -1.96. The van der Waals surface area contributed by atoms with Crippen LogP contribution in [0.15, 0.2) is 42.5 Å². The number of rotatable bonds is 9. The molecule has 0 fully saturated rings. The summed E-state index contributed by atoms with van der Waals surface area (Å²) in [5, 5.41) is 3.31. The Bertz CT molecular complexity index is 1010. The SMILES string of the molecule is CC[C@H](C(=O)NCCOc1ccc(C(C)(C)C)cc1)N(c1cc(Cl)cc(Cl)c1)S(C)(=O)=O. The van der Waals surface area contributed by atoms with Gasteiger partial charge in [0.25, 0.3) is 0 Å². The van der Waals surface area contributed by atoms with Crippen LogP contribution >= 0.6 is 23.2 Å². The van der Waals surface area contributed by atoms with Crippen molar-refractivity contribution in [3.05, 3.63) is 58.1 Å². The van der Waals surface area contributed by atoms with E-state index in [1.807, 2.05) is 24.3 Å². The molecule has 0 radical (unpaired) electrons. The van der Waals surface area contributed by atoms with Gasteiger partial charge in [-0.25, -0.2) is 8.42 Å². The van der Waals surface area contributed by atoms with Crippen LogP contribution in [-0.4, -0.2) is 39.8 Å². The Balaban J connectivity index is 2.04. The molecule has 0 aliphatic heterocycles. The smallest absolute Gasteiger partial charge is 0.244 e. The highest BCUT2D eigenvalue weighted by Crippen LogP contribution is 2.29. The van der Waals surface area contributed by atoms with Crippen LogP contribution in [0.1, 0.15) is 39.7 Å². The summed E-state index contributed by atoms with van der Waals surface area (Å²) in [6.45, 7) is 8.63. The van der Waals surface area contributed by atoms with E-state index in [-0.39, 0.29) is 40.7 Å². The summed E-state index contributed by atoms with van der Waals surface area (Å²) in [6, 6.07) is 11.3. The highest BCUT2D eigenvalue weighted by molar-refractivity contribution is 7.92. The number of sulfonamides is 1. The molecule has 32 heavy (non-hydrogen) atoms. The Morgan fingerprint density at radius 3 is 2.12 bits per heavy atom. The van der Waals surface area contributed by atoms with Crippen LogP contribution in [0.3, 0.4) is 0 Å². The minimum absolute atomic E-state index is 0.0559. The lowest BCUT2D eigenvalue weighted by Crippen LogP contribution is -2.50. The van der Waals surface area contributed by atoms with Crippen molar-refractivity contribution in [1.82, 2.24) is 5.32 Å². The van der Waals surface area contributed by atoms with Crippen molar-refractivity contribution < 1.29 is 17.9 Å². The van der Waals surface area contributed by atoms with Gasteiger partial charge in [-0.15, -0.1) is 0 Å². The van der Waals surface area contributed by atoms with Crippen molar-refractivity contribution in [3.63, 3.8) is 0 Å². The molecule has 0 heterocycles. The maximum atomic E-state index is 12.8. The standard InChI is InChI=1S/C23H30Cl2N2O4S/c1-6-21(27(32(5,29)30)19-14-17(24)13-18(25)15-19)22(28)26-11-12-31-20-9-7-16(8-10-20)23(2,3)4/h7-10,13-15,21H,6,11-12H2,1-5H3,(H,26,28)/t21-/m1/s1. The Morgan fingerprint density at radius 2 is 1.66 bits per heavy atom. The first-order chi connectivity index (χ1) is 14.8. The minimum atomic E-state index is -3.77. The number of ether oxygens (including phenoxy) is 1. The Morgan fingerprint density at radius 1 is 1.09 bits per heavy atom. The zero-order chi connectivity index (χ0) is 24.1. The fraction of sp³-hybridized carbons (Fsp3) is 0.435. The number of amides is 1. The second-order valence-corrected chi connectivity index (χ2v) is 11.3. The topological polar surface area (TPSA) is 75.7 Å². The van der Waals surface area contributed by atoms with Crippen molar-refractivity contribution in [2.75, 3.05) is 23.7 Å².